The molecule has 0 unspecified atom stereocenters. The standard InChI is InChI=1S/C18H23Br2NO3Si/c1-18(2,3)25(4,5)8-6-7-15(17(23)24)21-16(22)12-9-13(19)11-14(20)10-12/h9-11,15H,7H2,1-5H3,(H,21,22)(H,23,24)/t15-/m1/s1. The number of aliphatic carboxylic acids is 1. The maximum Gasteiger partial charge on any atom is 0.327 e. The van der Waals surface area contributed by atoms with E-state index in [-0.39, 0.29) is 11.5 Å². The van der Waals surface area contributed by atoms with Gasteiger partial charge in [0.25, 0.3) is 5.91 Å². The van der Waals surface area contributed by atoms with Crippen LogP contribution < -0.4 is 5.32 Å². The monoisotopic (exact) mass is 487 g/mol. The molecule has 0 saturated carbocycles. The van der Waals surface area contributed by atoms with Gasteiger partial charge in [-0.3, -0.25) is 4.79 Å². The van der Waals surface area contributed by atoms with Gasteiger partial charge in [0, 0.05) is 20.9 Å². The van der Waals surface area contributed by atoms with E-state index in [1.165, 1.54) is 0 Å². The lowest BCUT2D eigenvalue weighted by atomic mass is 10.1. The number of benzene rings is 1. The van der Waals surface area contributed by atoms with Crippen LogP contribution >= 0.6 is 31.9 Å². The third kappa shape index (κ3) is 6.61. The lowest BCUT2D eigenvalue weighted by Crippen LogP contribution is -2.41. The van der Waals surface area contributed by atoms with E-state index in [0.717, 1.165) is 8.95 Å². The van der Waals surface area contributed by atoms with Crippen molar-refractivity contribution in [2.24, 2.45) is 0 Å². The van der Waals surface area contributed by atoms with Crippen LogP contribution in [0.5, 0.6) is 0 Å². The predicted molar refractivity (Wildman–Crippen MR) is 110 cm³/mol. The summed E-state index contributed by atoms with van der Waals surface area (Å²) in [6.07, 6.45) is 0.0861. The maximum atomic E-state index is 12.3. The van der Waals surface area contributed by atoms with Gasteiger partial charge < -0.3 is 10.4 Å². The number of rotatable bonds is 4. The Kier molecular flexibility index (Phi) is 7.48. The minimum Gasteiger partial charge on any atom is -0.480 e. The van der Waals surface area contributed by atoms with Crippen molar-refractivity contribution in [2.75, 3.05) is 0 Å². The van der Waals surface area contributed by atoms with Crippen LogP contribution in [0.2, 0.25) is 18.1 Å². The summed E-state index contributed by atoms with van der Waals surface area (Å²) in [5, 5.41) is 12.0. The van der Waals surface area contributed by atoms with Gasteiger partial charge in [0.2, 0.25) is 0 Å². The van der Waals surface area contributed by atoms with E-state index in [9.17, 15) is 14.7 Å². The van der Waals surface area contributed by atoms with Gasteiger partial charge in [-0.1, -0.05) is 65.7 Å². The first-order valence-electron chi connectivity index (χ1n) is 7.83. The molecule has 0 spiro atoms. The van der Waals surface area contributed by atoms with Gasteiger partial charge in [-0.15, -0.1) is 11.5 Å². The molecule has 4 nitrogen and oxygen atoms in total. The van der Waals surface area contributed by atoms with E-state index in [1.807, 2.05) is 0 Å². The molecule has 25 heavy (non-hydrogen) atoms. The third-order valence-electron chi connectivity index (χ3n) is 4.31. The maximum absolute atomic E-state index is 12.3. The molecule has 0 saturated heterocycles. The summed E-state index contributed by atoms with van der Waals surface area (Å²) >= 11 is 6.63. The highest BCUT2D eigenvalue weighted by molar-refractivity contribution is 9.11. The first kappa shape index (κ1) is 21.9. The summed E-state index contributed by atoms with van der Waals surface area (Å²) in [6.45, 7) is 10.8. The fraction of sp³-hybridized carbons (Fsp3) is 0.444. The van der Waals surface area contributed by atoms with Crippen LogP contribution in [0.25, 0.3) is 0 Å². The van der Waals surface area contributed by atoms with E-state index in [1.54, 1.807) is 18.2 Å². The van der Waals surface area contributed by atoms with Gasteiger partial charge in [-0.25, -0.2) is 4.79 Å². The zero-order valence-electron chi connectivity index (χ0n) is 15.0. The Morgan fingerprint density at radius 3 is 2.16 bits per heavy atom. The first-order valence-corrected chi connectivity index (χ1v) is 12.4. The molecule has 0 aromatic heterocycles. The van der Waals surface area contributed by atoms with Crippen LogP contribution in [0.3, 0.4) is 0 Å². The lowest BCUT2D eigenvalue weighted by Gasteiger charge is -2.31. The van der Waals surface area contributed by atoms with E-state index < -0.39 is 26.0 Å². The van der Waals surface area contributed by atoms with Crippen molar-refractivity contribution >= 4 is 51.8 Å². The number of hydrogen-bond donors (Lipinski definition) is 2. The Hall–Kier alpha value is -1.10. The number of amides is 1. The summed E-state index contributed by atoms with van der Waals surface area (Å²) < 4.78 is 1.47. The number of nitrogens with one attached hydrogen (secondary N) is 1. The van der Waals surface area contributed by atoms with Crippen molar-refractivity contribution in [1.29, 1.82) is 0 Å². The molecule has 1 atom stereocenters. The minimum atomic E-state index is -1.80. The average molecular weight is 489 g/mol. The van der Waals surface area contributed by atoms with Crippen LogP contribution in [0.1, 0.15) is 37.6 Å². The molecule has 0 radical (unpaired) electrons. The molecule has 1 amide bonds. The molecule has 0 fully saturated rings. The molecule has 0 heterocycles. The fourth-order valence-electron chi connectivity index (χ4n) is 1.69. The van der Waals surface area contributed by atoms with Crippen molar-refractivity contribution in [3.8, 4) is 11.5 Å². The number of carboxylic acids is 1. The predicted octanol–water partition coefficient (Wildman–Crippen LogP) is 4.84. The zero-order chi connectivity index (χ0) is 19.4. The van der Waals surface area contributed by atoms with E-state index in [0.29, 0.717) is 5.56 Å². The summed E-state index contributed by atoms with van der Waals surface area (Å²) in [7, 11) is -1.80. The molecule has 0 aliphatic carbocycles. The molecule has 1 rings (SSSR count). The van der Waals surface area contributed by atoms with E-state index >= 15 is 0 Å². The molecule has 2 N–H and O–H groups in total. The normalized spacial score (nSPS) is 12.8. The highest BCUT2D eigenvalue weighted by Gasteiger charge is 2.33. The van der Waals surface area contributed by atoms with Crippen molar-refractivity contribution in [1.82, 2.24) is 5.32 Å². The van der Waals surface area contributed by atoms with Crippen molar-refractivity contribution in [3.05, 3.63) is 32.7 Å². The average Bonchev–Trinajstić information content (AvgIpc) is 2.43. The summed E-state index contributed by atoms with van der Waals surface area (Å²) in [5.41, 5.74) is 3.65. The third-order valence-corrected chi connectivity index (χ3v) is 9.78. The van der Waals surface area contributed by atoms with Crippen molar-refractivity contribution < 1.29 is 14.7 Å². The highest BCUT2D eigenvalue weighted by Crippen LogP contribution is 2.35. The SMILES string of the molecule is CC(C)(C)[Si](C)(C)C#CC[C@@H](NC(=O)c1cc(Br)cc(Br)c1)C(=O)O. The molecule has 136 valence electrons. The Balaban J connectivity index is 2.89. The molecule has 0 aliphatic rings. The Morgan fingerprint density at radius 1 is 1.20 bits per heavy atom. The molecular weight excluding hydrogens is 466 g/mol. The van der Waals surface area contributed by atoms with Gasteiger partial charge in [0.1, 0.15) is 14.1 Å². The summed E-state index contributed by atoms with van der Waals surface area (Å²) in [4.78, 5) is 23.8. The van der Waals surface area contributed by atoms with Gasteiger partial charge in [0.05, 0.1) is 0 Å². The fourth-order valence-corrected chi connectivity index (χ4v) is 3.90. The van der Waals surface area contributed by atoms with E-state index in [2.05, 4.69) is 82.5 Å². The van der Waals surface area contributed by atoms with Crippen molar-refractivity contribution in [3.63, 3.8) is 0 Å². The summed E-state index contributed by atoms with van der Waals surface area (Å²) in [6, 6.07) is 4.04. The van der Waals surface area contributed by atoms with Gasteiger partial charge >= 0.3 is 5.97 Å². The van der Waals surface area contributed by atoms with Crippen LogP contribution in [0.4, 0.5) is 0 Å². The topological polar surface area (TPSA) is 66.4 Å². The van der Waals surface area contributed by atoms with Gasteiger partial charge in [-0.2, -0.15) is 0 Å². The molecule has 0 bridgehead atoms. The number of carbonyl (C=O) groups excluding carboxylic acids is 1. The van der Waals surface area contributed by atoms with Crippen molar-refractivity contribution in [2.45, 2.75) is 51.4 Å². The van der Waals surface area contributed by atoms with Crippen LogP contribution in [0, 0.1) is 11.5 Å². The van der Waals surface area contributed by atoms with Crippen LogP contribution in [0.15, 0.2) is 27.1 Å². The first-order chi connectivity index (χ1) is 11.3. The second-order valence-electron chi connectivity index (χ2n) is 7.40. The molecule has 1 aromatic rings. The molecular formula is C18H23Br2NO3Si. The Bertz CT molecular complexity index is 710. The smallest absolute Gasteiger partial charge is 0.327 e. The number of carboxylic acid groups (broad SMARTS) is 1. The quantitative estimate of drug-likeness (QED) is 0.470. The largest absolute Gasteiger partial charge is 0.480 e. The minimum absolute atomic E-state index is 0.0861. The number of carbonyl (C=O) groups is 2. The second-order valence-corrected chi connectivity index (χ2v) is 14.2. The molecule has 0 aliphatic heterocycles. The number of hydrogen-bond acceptors (Lipinski definition) is 2. The number of halogens is 2. The highest BCUT2D eigenvalue weighted by atomic mass is 79.9. The lowest BCUT2D eigenvalue weighted by molar-refractivity contribution is -0.139. The molecule has 7 heteroatoms. The second kappa shape index (κ2) is 8.52. The Morgan fingerprint density at radius 2 is 1.72 bits per heavy atom. The van der Waals surface area contributed by atoms with Crippen LogP contribution in [-0.4, -0.2) is 31.1 Å². The van der Waals surface area contributed by atoms with Gasteiger partial charge in [-0.05, 0) is 23.2 Å². The Labute approximate surface area is 167 Å². The van der Waals surface area contributed by atoms with E-state index in [4.69, 9.17) is 0 Å². The summed E-state index contributed by atoms with van der Waals surface area (Å²) in [5.74, 6) is 1.46. The van der Waals surface area contributed by atoms with Gasteiger partial charge in [0.15, 0.2) is 0 Å². The molecule has 1 aromatic carbocycles. The zero-order valence-corrected chi connectivity index (χ0v) is 19.2. The van der Waals surface area contributed by atoms with Crippen LogP contribution in [-0.2, 0) is 4.79 Å².